The van der Waals surface area contributed by atoms with E-state index >= 15 is 0 Å². The first kappa shape index (κ1) is 15.7. The van der Waals surface area contributed by atoms with Gasteiger partial charge in [0, 0.05) is 16.3 Å². The summed E-state index contributed by atoms with van der Waals surface area (Å²) < 4.78 is 23.8. The SMILES string of the molecule is CCS(=O)(=O)CCCC(N)c1cccc(Br)c1C. The molecule has 102 valence electrons. The van der Waals surface area contributed by atoms with Crippen LogP contribution in [-0.2, 0) is 9.84 Å². The van der Waals surface area contributed by atoms with E-state index in [4.69, 9.17) is 5.73 Å². The van der Waals surface area contributed by atoms with Crippen molar-refractivity contribution >= 4 is 25.8 Å². The van der Waals surface area contributed by atoms with Crippen LogP contribution in [0.15, 0.2) is 22.7 Å². The van der Waals surface area contributed by atoms with Gasteiger partial charge in [-0.15, -0.1) is 0 Å². The van der Waals surface area contributed by atoms with Crippen molar-refractivity contribution in [2.45, 2.75) is 32.7 Å². The average molecular weight is 334 g/mol. The van der Waals surface area contributed by atoms with E-state index < -0.39 is 9.84 Å². The Morgan fingerprint density at radius 2 is 2.06 bits per heavy atom. The molecule has 5 heteroatoms. The van der Waals surface area contributed by atoms with Gasteiger partial charge in [0.25, 0.3) is 0 Å². The molecule has 3 nitrogen and oxygen atoms in total. The highest BCUT2D eigenvalue weighted by atomic mass is 79.9. The molecule has 0 aromatic heterocycles. The number of hydrogen-bond donors (Lipinski definition) is 1. The molecule has 1 rings (SSSR count). The van der Waals surface area contributed by atoms with Gasteiger partial charge in [-0.3, -0.25) is 0 Å². The molecule has 0 radical (unpaired) electrons. The molecular formula is C13H20BrNO2S. The molecule has 18 heavy (non-hydrogen) atoms. The van der Waals surface area contributed by atoms with Crippen LogP contribution >= 0.6 is 15.9 Å². The Labute approximate surface area is 118 Å². The number of nitrogens with two attached hydrogens (primary N) is 1. The van der Waals surface area contributed by atoms with Crippen molar-refractivity contribution in [2.24, 2.45) is 5.73 Å². The van der Waals surface area contributed by atoms with Crippen LogP contribution in [0.5, 0.6) is 0 Å². The summed E-state index contributed by atoms with van der Waals surface area (Å²) in [6.45, 7) is 3.69. The second-order valence-corrected chi connectivity index (χ2v) is 7.77. The van der Waals surface area contributed by atoms with Gasteiger partial charge in [0.2, 0.25) is 0 Å². The minimum Gasteiger partial charge on any atom is -0.324 e. The molecular weight excluding hydrogens is 314 g/mol. The fraction of sp³-hybridized carbons (Fsp3) is 0.538. The lowest BCUT2D eigenvalue weighted by molar-refractivity contribution is 0.583. The molecule has 1 atom stereocenters. The van der Waals surface area contributed by atoms with Crippen LogP contribution in [0.3, 0.4) is 0 Å². The van der Waals surface area contributed by atoms with Crippen LogP contribution in [0.4, 0.5) is 0 Å². The zero-order valence-electron chi connectivity index (χ0n) is 10.8. The topological polar surface area (TPSA) is 60.2 Å². The van der Waals surface area contributed by atoms with E-state index in [0.29, 0.717) is 12.8 Å². The molecule has 0 heterocycles. The third-order valence-corrected chi connectivity index (χ3v) is 5.77. The molecule has 2 N–H and O–H groups in total. The van der Waals surface area contributed by atoms with Crippen molar-refractivity contribution in [1.29, 1.82) is 0 Å². The summed E-state index contributed by atoms with van der Waals surface area (Å²) in [5.41, 5.74) is 8.33. The highest BCUT2D eigenvalue weighted by Gasteiger charge is 2.13. The van der Waals surface area contributed by atoms with E-state index in [-0.39, 0.29) is 17.5 Å². The third-order valence-electron chi connectivity index (χ3n) is 3.12. The molecule has 0 fully saturated rings. The van der Waals surface area contributed by atoms with Crippen molar-refractivity contribution in [3.05, 3.63) is 33.8 Å². The molecule has 1 aromatic carbocycles. The van der Waals surface area contributed by atoms with E-state index in [0.717, 1.165) is 15.6 Å². The van der Waals surface area contributed by atoms with Crippen molar-refractivity contribution in [1.82, 2.24) is 0 Å². The number of sulfone groups is 1. The van der Waals surface area contributed by atoms with Gasteiger partial charge in [0.05, 0.1) is 5.75 Å². The summed E-state index contributed by atoms with van der Waals surface area (Å²) >= 11 is 3.47. The van der Waals surface area contributed by atoms with E-state index in [1.165, 1.54) is 0 Å². The fourth-order valence-corrected chi connectivity index (χ4v) is 3.13. The van der Waals surface area contributed by atoms with Gasteiger partial charge < -0.3 is 5.73 Å². The van der Waals surface area contributed by atoms with Gasteiger partial charge in [-0.25, -0.2) is 8.42 Å². The average Bonchev–Trinajstić information content (AvgIpc) is 2.32. The van der Waals surface area contributed by atoms with Crippen molar-refractivity contribution in [3.63, 3.8) is 0 Å². The maximum absolute atomic E-state index is 11.4. The summed E-state index contributed by atoms with van der Waals surface area (Å²) in [4.78, 5) is 0. The Hall–Kier alpha value is -0.390. The van der Waals surface area contributed by atoms with Crippen LogP contribution in [0, 0.1) is 6.92 Å². The molecule has 0 spiro atoms. The number of hydrogen-bond acceptors (Lipinski definition) is 3. The minimum atomic E-state index is -2.88. The first-order chi connectivity index (χ1) is 8.37. The van der Waals surface area contributed by atoms with Crippen molar-refractivity contribution < 1.29 is 8.42 Å². The van der Waals surface area contributed by atoms with Crippen molar-refractivity contribution in [2.75, 3.05) is 11.5 Å². The summed E-state index contributed by atoms with van der Waals surface area (Å²) in [6.07, 6.45) is 1.31. The lowest BCUT2D eigenvalue weighted by atomic mass is 9.99. The van der Waals surface area contributed by atoms with Crippen LogP contribution in [0.2, 0.25) is 0 Å². The lowest BCUT2D eigenvalue weighted by Gasteiger charge is -2.15. The number of halogens is 1. The molecule has 1 unspecified atom stereocenters. The van der Waals surface area contributed by atoms with Gasteiger partial charge in [-0.2, -0.15) is 0 Å². The second-order valence-electron chi connectivity index (χ2n) is 4.44. The van der Waals surface area contributed by atoms with Crippen LogP contribution in [-0.4, -0.2) is 19.9 Å². The number of rotatable bonds is 6. The zero-order valence-corrected chi connectivity index (χ0v) is 13.2. The quantitative estimate of drug-likeness (QED) is 0.870. The van der Waals surface area contributed by atoms with Crippen LogP contribution in [0.1, 0.15) is 36.9 Å². The Morgan fingerprint density at radius 3 is 2.67 bits per heavy atom. The maximum atomic E-state index is 11.4. The Morgan fingerprint density at radius 1 is 1.39 bits per heavy atom. The second kappa shape index (κ2) is 6.68. The summed E-state index contributed by atoms with van der Waals surface area (Å²) in [6, 6.07) is 5.83. The minimum absolute atomic E-state index is 0.102. The predicted octanol–water partition coefficient (Wildman–Crippen LogP) is 2.97. The molecule has 0 saturated carbocycles. The van der Waals surface area contributed by atoms with Crippen LogP contribution < -0.4 is 5.73 Å². The van der Waals surface area contributed by atoms with Gasteiger partial charge in [0.1, 0.15) is 9.84 Å². The standard InChI is InChI=1S/C13H20BrNO2S/c1-3-18(16,17)9-5-8-13(15)11-6-4-7-12(14)10(11)2/h4,6-7,13H,3,5,8-9,15H2,1-2H3. The predicted molar refractivity (Wildman–Crippen MR) is 79.4 cm³/mol. The first-order valence-electron chi connectivity index (χ1n) is 6.08. The van der Waals surface area contributed by atoms with Gasteiger partial charge in [-0.05, 0) is 37.0 Å². The summed E-state index contributed by atoms with van der Waals surface area (Å²) in [5.74, 6) is 0.433. The van der Waals surface area contributed by atoms with Crippen molar-refractivity contribution in [3.8, 4) is 0 Å². The molecule has 0 aliphatic heterocycles. The Bertz CT molecular complexity index is 500. The number of benzene rings is 1. The molecule has 0 amide bonds. The Balaban J connectivity index is 2.61. The summed E-state index contributed by atoms with van der Waals surface area (Å²) in [7, 11) is -2.88. The molecule has 1 aromatic rings. The largest absolute Gasteiger partial charge is 0.324 e. The van der Waals surface area contributed by atoms with Gasteiger partial charge in [-0.1, -0.05) is 35.0 Å². The van der Waals surface area contributed by atoms with E-state index in [1.807, 2.05) is 25.1 Å². The summed E-state index contributed by atoms with van der Waals surface area (Å²) in [5, 5.41) is 0. The van der Waals surface area contributed by atoms with E-state index in [9.17, 15) is 8.42 Å². The van der Waals surface area contributed by atoms with E-state index in [2.05, 4.69) is 15.9 Å². The third kappa shape index (κ3) is 4.37. The zero-order chi connectivity index (χ0) is 13.8. The fourth-order valence-electron chi connectivity index (χ4n) is 1.85. The monoisotopic (exact) mass is 333 g/mol. The molecule has 0 aliphatic carbocycles. The normalized spacial score (nSPS) is 13.6. The van der Waals surface area contributed by atoms with E-state index in [1.54, 1.807) is 6.92 Å². The molecule has 0 bridgehead atoms. The van der Waals surface area contributed by atoms with Crippen LogP contribution in [0.25, 0.3) is 0 Å². The highest BCUT2D eigenvalue weighted by Crippen LogP contribution is 2.25. The highest BCUT2D eigenvalue weighted by molar-refractivity contribution is 9.10. The van der Waals surface area contributed by atoms with Gasteiger partial charge >= 0.3 is 0 Å². The smallest absolute Gasteiger partial charge is 0.150 e. The molecule has 0 aliphatic rings. The maximum Gasteiger partial charge on any atom is 0.150 e. The Kier molecular flexibility index (Phi) is 5.82. The van der Waals surface area contributed by atoms with Gasteiger partial charge in [0.15, 0.2) is 0 Å². The lowest BCUT2D eigenvalue weighted by Crippen LogP contribution is -2.15. The first-order valence-corrected chi connectivity index (χ1v) is 8.70. The molecule has 0 saturated heterocycles.